The second-order valence-electron chi connectivity index (χ2n) is 5.06. The average molecular weight is 229 g/mol. The summed E-state index contributed by atoms with van der Waals surface area (Å²) in [4.78, 5) is 4.54. The van der Waals surface area contributed by atoms with Gasteiger partial charge < -0.3 is 0 Å². The molecule has 0 N–H and O–H groups in total. The van der Waals surface area contributed by atoms with E-state index >= 15 is 0 Å². The fraction of sp³-hybridized carbons (Fsp3) is 0.562. The molecule has 0 radical (unpaired) electrons. The molecular formula is C16H23N. The molecule has 0 saturated heterocycles. The van der Waals surface area contributed by atoms with Crippen LogP contribution in [0.25, 0.3) is 0 Å². The minimum atomic E-state index is 0.921. The summed E-state index contributed by atoms with van der Waals surface area (Å²) < 4.78 is 0. The van der Waals surface area contributed by atoms with Crippen molar-refractivity contribution in [2.24, 2.45) is 10.9 Å². The summed E-state index contributed by atoms with van der Waals surface area (Å²) in [5, 5.41) is 0. The molecule has 0 bridgehead atoms. The highest BCUT2D eigenvalue weighted by Crippen LogP contribution is 2.25. The Kier molecular flexibility index (Phi) is 5.28. The van der Waals surface area contributed by atoms with E-state index in [1.54, 1.807) is 0 Å². The van der Waals surface area contributed by atoms with Crippen LogP contribution < -0.4 is 0 Å². The van der Waals surface area contributed by atoms with Gasteiger partial charge in [0.05, 0.1) is 0 Å². The van der Waals surface area contributed by atoms with E-state index in [1.807, 2.05) is 0 Å². The molecule has 1 saturated carbocycles. The van der Waals surface area contributed by atoms with Crippen molar-refractivity contribution in [2.75, 3.05) is 6.54 Å². The van der Waals surface area contributed by atoms with Crippen molar-refractivity contribution in [1.29, 1.82) is 0 Å². The molecule has 1 aromatic rings. The Bertz CT molecular complexity index is 323. The van der Waals surface area contributed by atoms with Gasteiger partial charge in [-0.15, -0.1) is 0 Å². The standard InChI is InChI=1S/C16H23N/c1-3-7-15(8-4-1)11-13-17-14-12-16-9-5-2-6-10-16/h1,3-4,7-8,14,16H,2,5-6,9-13H2. The van der Waals surface area contributed by atoms with E-state index in [4.69, 9.17) is 0 Å². The van der Waals surface area contributed by atoms with Gasteiger partial charge in [-0.3, -0.25) is 4.99 Å². The Morgan fingerprint density at radius 3 is 2.59 bits per heavy atom. The zero-order chi connectivity index (χ0) is 11.8. The molecule has 1 nitrogen and oxygen atoms in total. The van der Waals surface area contributed by atoms with Gasteiger partial charge in [0.2, 0.25) is 0 Å². The van der Waals surface area contributed by atoms with Crippen LogP contribution in [0.3, 0.4) is 0 Å². The van der Waals surface area contributed by atoms with Crippen LogP contribution in [0.15, 0.2) is 35.3 Å². The maximum absolute atomic E-state index is 4.54. The lowest BCUT2D eigenvalue weighted by Gasteiger charge is -2.19. The van der Waals surface area contributed by atoms with Crippen molar-refractivity contribution in [3.8, 4) is 0 Å². The summed E-state index contributed by atoms with van der Waals surface area (Å²) in [7, 11) is 0. The predicted molar refractivity (Wildman–Crippen MR) is 74.7 cm³/mol. The van der Waals surface area contributed by atoms with E-state index < -0.39 is 0 Å². The Hall–Kier alpha value is -1.11. The fourth-order valence-electron chi connectivity index (χ4n) is 2.58. The van der Waals surface area contributed by atoms with Gasteiger partial charge in [-0.25, -0.2) is 0 Å². The molecule has 0 heterocycles. The highest BCUT2D eigenvalue weighted by atomic mass is 14.7. The van der Waals surface area contributed by atoms with Gasteiger partial charge in [0.1, 0.15) is 0 Å². The maximum Gasteiger partial charge on any atom is 0.0425 e. The minimum Gasteiger partial charge on any atom is -0.297 e. The molecule has 1 aliphatic carbocycles. The highest BCUT2D eigenvalue weighted by molar-refractivity contribution is 5.57. The molecule has 0 unspecified atom stereocenters. The molecule has 1 aliphatic rings. The summed E-state index contributed by atoms with van der Waals surface area (Å²) >= 11 is 0. The molecule has 2 rings (SSSR count). The maximum atomic E-state index is 4.54. The van der Waals surface area contributed by atoms with Crippen LogP contribution in [0.2, 0.25) is 0 Å². The Labute approximate surface area is 105 Å². The third-order valence-electron chi connectivity index (χ3n) is 3.66. The third-order valence-corrected chi connectivity index (χ3v) is 3.66. The molecule has 1 heteroatoms. The zero-order valence-corrected chi connectivity index (χ0v) is 10.6. The first-order valence-corrected chi connectivity index (χ1v) is 6.97. The van der Waals surface area contributed by atoms with E-state index in [0.29, 0.717) is 0 Å². The monoisotopic (exact) mass is 229 g/mol. The number of hydrogen-bond donors (Lipinski definition) is 0. The molecule has 1 aromatic carbocycles. The Morgan fingerprint density at radius 2 is 1.82 bits per heavy atom. The first-order chi connectivity index (χ1) is 8.45. The number of benzene rings is 1. The predicted octanol–water partition coefficient (Wildman–Crippen LogP) is 4.27. The molecule has 17 heavy (non-hydrogen) atoms. The normalized spacial score (nSPS) is 17.6. The molecule has 1 fully saturated rings. The third kappa shape index (κ3) is 4.72. The van der Waals surface area contributed by atoms with Crippen molar-refractivity contribution in [1.82, 2.24) is 0 Å². The number of hydrogen-bond acceptors (Lipinski definition) is 1. The van der Waals surface area contributed by atoms with Crippen LogP contribution in [0.4, 0.5) is 0 Å². The number of nitrogens with zero attached hydrogens (tertiary/aromatic N) is 1. The lowest BCUT2D eigenvalue weighted by molar-refractivity contribution is 0.370. The first kappa shape index (κ1) is 12.3. The van der Waals surface area contributed by atoms with Crippen molar-refractivity contribution in [2.45, 2.75) is 44.9 Å². The summed E-state index contributed by atoms with van der Waals surface area (Å²) in [6.45, 7) is 0.941. The lowest BCUT2D eigenvalue weighted by atomic mass is 9.87. The molecule has 0 atom stereocenters. The molecule has 0 spiro atoms. The van der Waals surface area contributed by atoms with E-state index in [-0.39, 0.29) is 0 Å². The minimum absolute atomic E-state index is 0.921. The number of aliphatic imine (C=N–C) groups is 1. The lowest BCUT2D eigenvalue weighted by Crippen LogP contribution is -2.06. The van der Waals surface area contributed by atoms with Crippen molar-refractivity contribution in [3.63, 3.8) is 0 Å². The average Bonchev–Trinajstić information content (AvgIpc) is 2.41. The smallest absolute Gasteiger partial charge is 0.0425 e. The molecule has 0 aromatic heterocycles. The van der Waals surface area contributed by atoms with Crippen LogP contribution >= 0.6 is 0 Å². The van der Waals surface area contributed by atoms with Gasteiger partial charge in [-0.2, -0.15) is 0 Å². The van der Waals surface area contributed by atoms with Gasteiger partial charge in [0.15, 0.2) is 0 Å². The topological polar surface area (TPSA) is 12.4 Å². The van der Waals surface area contributed by atoms with Gasteiger partial charge in [-0.1, -0.05) is 62.4 Å². The molecule has 92 valence electrons. The van der Waals surface area contributed by atoms with Crippen LogP contribution in [-0.4, -0.2) is 12.8 Å². The fourth-order valence-corrected chi connectivity index (χ4v) is 2.58. The SMILES string of the molecule is C(CC1CCCCC1)=NCCc1ccccc1. The zero-order valence-electron chi connectivity index (χ0n) is 10.6. The Balaban J connectivity index is 1.61. The van der Waals surface area contributed by atoms with Crippen molar-refractivity contribution < 1.29 is 0 Å². The van der Waals surface area contributed by atoms with Crippen LogP contribution in [0.1, 0.15) is 44.1 Å². The molecular weight excluding hydrogens is 206 g/mol. The van der Waals surface area contributed by atoms with E-state index in [9.17, 15) is 0 Å². The van der Waals surface area contributed by atoms with Crippen molar-refractivity contribution >= 4 is 6.21 Å². The van der Waals surface area contributed by atoms with Crippen LogP contribution in [-0.2, 0) is 6.42 Å². The van der Waals surface area contributed by atoms with Gasteiger partial charge in [-0.05, 0) is 30.5 Å². The van der Waals surface area contributed by atoms with Crippen LogP contribution in [0.5, 0.6) is 0 Å². The van der Waals surface area contributed by atoms with E-state index in [0.717, 1.165) is 18.9 Å². The number of rotatable bonds is 5. The second-order valence-corrected chi connectivity index (χ2v) is 5.06. The summed E-state index contributed by atoms with van der Waals surface area (Å²) in [5.41, 5.74) is 1.39. The van der Waals surface area contributed by atoms with Gasteiger partial charge in [0.25, 0.3) is 0 Å². The van der Waals surface area contributed by atoms with E-state index in [1.165, 1.54) is 44.1 Å². The highest BCUT2D eigenvalue weighted by Gasteiger charge is 2.11. The van der Waals surface area contributed by atoms with Gasteiger partial charge >= 0.3 is 0 Å². The van der Waals surface area contributed by atoms with Crippen LogP contribution in [0, 0.1) is 5.92 Å². The van der Waals surface area contributed by atoms with E-state index in [2.05, 4.69) is 41.5 Å². The largest absolute Gasteiger partial charge is 0.297 e. The molecule has 0 amide bonds. The quantitative estimate of drug-likeness (QED) is 0.669. The first-order valence-electron chi connectivity index (χ1n) is 6.97. The Morgan fingerprint density at radius 1 is 1.06 bits per heavy atom. The molecule has 0 aliphatic heterocycles. The second kappa shape index (κ2) is 7.26. The summed E-state index contributed by atoms with van der Waals surface area (Å²) in [5.74, 6) is 0.921. The summed E-state index contributed by atoms with van der Waals surface area (Å²) in [6.07, 6.45) is 11.6. The summed E-state index contributed by atoms with van der Waals surface area (Å²) in [6, 6.07) is 10.6. The van der Waals surface area contributed by atoms with Gasteiger partial charge in [0, 0.05) is 6.54 Å². The van der Waals surface area contributed by atoms with Crippen molar-refractivity contribution in [3.05, 3.63) is 35.9 Å².